The molecule has 14 heavy (non-hydrogen) atoms. The highest BCUT2D eigenvalue weighted by atomic mass is 16.4. The lowest BCUT2D eigenvalue weighted by atomic mass is 9.88. The number of benzene rings is 1. The number of hydrogen-bond acceptors (Lipinski definition) is 3. The maximum Gasteiger partial charge on any atom is 0.526 e. The molecule has 0 saturated carbocycles. The summed E-state index contributed by atoms with van der Waals surface area (Å²) in [6.07, 6.45) is 0.956. The quantitative estimate of drug-likeness (QED) is 0.684. The van der Waals surface area contributed by atoms with E-state index in [-0.39, 0.29) is 5.66 Å². The standard InChI is InChI=1S/C10H11BO3/c1-2-7-3-4-9-8(5-7)6-10(14-9)11(12)13/h3-6,12-13H,2H2,1H3. The number of aryl methyl sites for hydroxylation is 1. The van der Waals surface area contributed by atoms with Crippen LogP contribution in [0.5, 0.6) is 0 Å². The van der Waals surface area contributed by atoms with Crippen molar-refractivity contribution in [1.29, 1.82) is 0 Å². The van der Waals surface area contributed by atoms with Gasteiger partial charge in [0.05, 0.1) is 0 Å². The third-order valence-corrected chi connectivity index (χ3v) is 2.26. The largest absolute Gasteiger partial charge is 0.526 e. The van der Waals surface area contributed by atoms with E-state index in [1.165, 1.54) is 5.56 Å². The molecule has 0 bridgehead atoms. The maximum atomic E-state index is 8.91. The molecule has 2 aromatic rings. The van der Waals surface area contributed by atoms with Crippen LogP contribution in [-0.4, -0.2) is 17.2 Å². The van der Waals surface area contributed by atoms with Crippen molar-refractivity contribution in [2.45, 2.75) is 13.3 Å². The normalized spacial score (nSPS) is 10.8. The van der Waals surface area contributed by atoms with Crippen LogP contribution in [0.1, 0.15) is 12.5 Å². The molecular weight excluding hydrogens is 179 g/mol. The Morgan fingerprint density at radius 2 is 2.07 bits per heavy atom. The van der Waals surface area contributed by atoms with Crippen LogP contribution in [0.3, 0.4) is 0 Å². The summed E-state index contributed by atoms with van der Waals surface area (Å²) < 4.78 is 5.23. The summed E-state index contributed by atoms with van der Waals surface area (Å²) in [5, 5.41) is 18.7. The number of furan rings is 1. The van der Waals surface area contributed by atoms with Gasteiger partial charge in [0.15, 0.2) is 0 Å². The minimum Gasteiger partial charge on any atom is -0.465 e. The SMILES string of the molecule is CCc1ccc2oc(B(O)O)cc2c1. The highest BCUT2D eigenvalue weighted by Crippen LogP contribution is 2.16. The lowest BCUT2D eigenvalue weighted by Gasteiger charge is -1.93. The van der Waals surface area contributed by atoms with Crippen LogP contribution in [0, 0.1) is 0 Å². The maximum absolute atomic E-state index is 8.91. The summed E-state index contributed by atoms with van der Waals surface area (Å²) in [4.78, 5) is 0. The summed E-state index contributed by atoms with van der Waals surface area (Å²) in [5.41, 5.74) is 2.08. The molecule has 0 aliphatic heterocycles. The lowest BCUT2D eigenvalue weighted by Crippen LogP contribution is -2.27. The van der Waals surface area contributed by atoms with Crippen molar-refractivity contribution in [3.8, 4) is 0 Å². The van der Waals surface area contributed by atoms with Gasteiger partial charge in [-0.05, 0) is 30.2 Å². The van der Waals surface area contributed by atoms with Gasteiger partial charge in [-0.15, -0.1) is 0 Å². The van der Waals surface area contributed by atoms with E-state index in [0.717, 1.165) is 11.8 Å². The minimum absolute atomic E-state index is 0.188. The first-order valence-corrected chi connectivity index (χ1v) is 4.59. The Balaban J connectivity index is 2.54. The second kappa shape index (κ2) is 3.48. The zero-order chi connectivity index (χ0) is 10.1. The molecule has 0 unspecified atom stereocenters. The van der Waals surface area contributed by atoms with Crippen LogP contribution in [0.25, 0.3) is 11.0 Å². The molecule has 2 rings (SSSR count). The summed E-state index contributed by atoms with van der Waals surface area (Å²) in [5.74, 6) is 0. The molecule has 1 aromatic carbocycles. The van der Waals surface area contributed by atoms with Crippen LogP contribution in [0.2, 0.25) is 0 Å². The highest BCUT2D eigenvalue weighted by Gasteiger charge is 2.16. The van der Waals surface area contributed by atoms with Gasteiger partial charge in [0.25, 0.3) is 0 Å². The molecular formula is C10H11BO3. The van der Waals surface area contributed by atoms with E-state index in [4.69, 9.17) is 14.5 Å². The van der Waals surface area contributed by atoms with Gasteiger partial charge >= 0.3 is 7.12 Å². The van der Waals surface area contributed by atoms with Crippen LogP contribution < -0.4 is 5.66 Å². The van der Waals surface area contributed by atoms with E-state index in [0.29, 0.717) is 5.58 Å². The summed E-state index contributed by atoms with van der Waals surface area (Å²) in [7, 11) is -1.53. The first-order valence-electron chi connectivity index (χ1n) is 4.59. The topological polar surface area (TPSA) is 53.6 Å². The zero-order valence-electron chi connectivity index (χ0n) is 7.90. The van der Waals surface area contributed by atoms with Crippen molar-refractivity contribution < 1.29 is 14.5 Å². The monoisotopic (exact) mass is 190 g/mol. The van der Waals surface area contributed by atoms with E-state index >= 15 is 0 Å². The van der Waals surface area contributed by atoms with E-state index in [2.05, 4.69) is 6.92 Å². The second-order valence-electron chi connectivity index (χ2n) is 3.25. The fourth-order valence-electron chi connectivity index (χ4n) is 1.46. The van der Waals surface area contributed by atoms with Crippen molar-refractivity contribution in [3.63, 3.8) is 0 Å². The fraction of sp³-hybridized carbons (Fsp3) is 0.200. The van der Waals surface area contributed by atoms with Crippen molar-refractivity contribution in [2.24, 2.45) is 0 Å². The molecule has 0 aliphatic rings. The van der Waals surface area contributed by atoms with Gasteiger partial charge in [-0.3, -0.25) is 0 Å². The van der Waals surface area contributed by atoms with Crippen LogP contribution in [0.15, 0.2) is 28.7 Å². The predicted molar refractivity (Wildman–Crippen MR) is 55.4 cm³/mol. The Morgan fingerprint density at radius 1 is 1.29 bits per heavy atom. The van der Waals surface area contributed by atoms with Crippen LogP contribution >= 0.6 is 0 Å². The molecule has 4 heteroatoms. The van der Waals surface area contributed by atoms with Crippen molar-refractivity contribution >= 4 is 23.7 Å². The second-order valence-corrected chi connectivity index (χ2v) is 3.25. The Labute approximate surface area is 82.1 Å². The van der Waals surface area contributed by atoms with Gasteiger partial charge in [0.2, 0.25) is 0 Å². The smallest absolute Gasteiger partial charge is 0.465 e. The predicted octanol–water partition coefficient (Wildman–Crippen LogP) is 0.675. The average Bonchev–Trinajstić information content (AvgIpc) is 2.59. The number of rotatable bonds is 2. The average molecular weight is 190 g/mol. The van der Waals surface area contributed by atoms with Crippen LogP contribution in [0.4, 0.5) is 0 Å². The number of hydrogen-bond donors (Lipinski definition) is 2. The van der Waals surface area contributed by atoms with E-state index < -0.39 is 7.12 Å². The van der Waals surface area contributed by atoms with Gasteiger partial charge in [0, 0.05) is 5.39 Å². The first-order chi connectivity index (χ1) is 6.70. The van der Waals surface area contributed by atoms with Crippen molar-refractivity contribution in [3.05, 3.63) is 29.8 Å². The molecule has 2 N–H and O–H groups in total. The van der Waals surface area contributed by atoms with Crippen molar-refractivity contribution in [2.75, 3.05) is 0 Å². The molecule has 72 valence electrons. The highest BCUT2D eigenvalue weighted by molar-refractivity contribution is 6.57. The third kappa shape index (κ3) is 1.54. The van der Waals surface area contributed by atoms with Gasteiger partial charge in [-0.2, -0.15) is 0 Å². The summed E-state index contributed by atoms with van der Waals surface area (Å²) >= 11 is 0. The van der Waals surface area contributed by atoms with Crippen LogP contribution in [-0.2, 0) is 6.42 Å². The molecule has 0 fully saturated rings. The molecule has 0 saturated heterocycles. The molecule has 3 nitrogen and oxygen atoms in total. The molecule has 0 atom stereocenters. The fourth-order valence-corrected chi connectivity index (χ4v) is 1.46. The minimum atomic E-state index is -1.53. The van der Waals surface area contributed by atoms with Gasteiger partial charge in [0.1, 0.15) is 11.2 Å². The van der Waals surface area contributed by atoms with E-state index in [1.807, 2.05) is 18.2 Å². The summed E-state index contributed by atoms with van der Waals surface area (Å²) in [6, 6.07) is 7.46. The third-order valence-electron chi connectivity index (χ3n) is 2.26. The summed E-state index contributed by atoms with van der Waals surface area (Å²) in [6.45, 7) is 2.07. The van der Waals surface area contributed by atoms with E-state index in [1.54, 1.807) is 6.07 Å². The van der Waals surface area contributed by atoms with Gasteiger partial charge in [-0.1, -0.05) is 13.0 Å². The molecule has 0 aliphatic carbocycles. The first kappa shape index (κ1) is 9.31. The van der Waals surface area contributed by atoms with E-state index in [9.17, 15) is 0 Å². The Morgan fingerprint density at radius 3 is 2.71 bits per heavy atom. The zero-order valence-corrected chi connectivity index (χ0v) is 7.90. The molecule has 1 heterocycles. The molecule has 1 aromatic heterocycles. The van der Waals surface area contributed by atoms with Gasteiger partial charge in [-0.25, -0.2) is 0 Å². The Kier molecular flexibility index (Phi) is 2.31. The van der Waals surface area contributed by atoms with Crippen molar-refractivity contribution in [1.82, 2.24) is 0 Å². The molecule has 0 spiro atoms. The molecule has 0 radical (unpaired) electrons. The lowest BCUT2D eigenvalue weighted by molar-refractivity contribution is 0.412. The number of fused-ring (bicyclic) bond motifs is 1. The Bertz CT molecular complexity index is 448. The Hall–Kier alpha value is -1.26. The van der Waals surface area contributed by atoms with Gasteiger partial charge < -0.3 is 14.5 Å². The molecule has 0 amide bonds.